The molecule has 0 fully saturated rings. The third-order valence-electron chi connectivity index (χ3n) is 4.41. The number of fused-ring (bicyclic) bond motifs is 1. The van der Waals surface area contributed by atoms with E-state index in [1.807, 2.05) is 91.9 Å². The van der Waals surface area contributed by atoms with Gasteiger partial charge in [-0.05, 0) is 36.3 Å². The third-order valence-corrected chi connectivity index (χ3v) is 4.41. The second-order valence-electron chi connectivity index (χ2n) is 6.21. The molecule has 4 aromatic rings. The van der Waals surface area contributed by atoms with Crippen molar-refractivity contribution in [2.75, 3.05) is 0 Å². The third kappa shape index (κ3) is 3.07. The molecule has 0 aliphatic rings. The van der Waals surface area contributed by atoms with Crippen LogP contribution in [0.3, 0.4) is 0 Å². The van der Waals surface area contributed by atoms with Crippen LogP contribution in [0, 0.1) is 6.92 Å². The number of ketones is 1. The zero-order valence-corrected chi connectivity index (χ0v) is 14.4. The highest BCUT2D eigenvalue weighted by molar-refractivity contribution is 6.32. The molecule has 1 N–H and O–H groups in total. The van der Waals surface area contributed by atoms with E-state index in [0.717, 1.165) is 22.2 Å². The first kappa shape index (κ1) is 16.0. The molecule has 3 aromatic carbocycles. The van der Waals surface area contributed by atoms with Crippen molar-refractivity contribution in [3.63, 3.8) is 0 Å². The second kappa shape index (κ2) is 6.81. The van der Waals surface area contributed by atoms with Crippen molar-refractivity contribution >= 4 is 28.5 Å². The number of carbonyl (C=O) groups is 1. The van der Waals surface area contributed by atoms with Gasteiger partial charge in [-0.25, -0.2) is 4.98 Å². The van der Waals surface area contributed by atoms with Crippen molar-refractivity contribution in [1.29, 1.82) is 0 Å². The van der Waals surface area contributed by atoms with Gasteiger partial charge >= 0.3 is 0 Å². The Morgan fingerprint density at radius 1 is 0.885 bits per heavy atom. The number of aromatic amines is 1. The zero-order chi connectivity index (χ0) is 17.9. The molecule has 1 heterocycles. The van der Waals surface area contributed by atoms with E-state index in [2.05, 4.69) is 9.97 Å². The van der Waals surface area contributed by atoms with Crippen LogP contribution < -0.4 is 0 Å². The Bertz CT molecular complexity index is 1070. The monoisotopic (exact) mass is 338 g/mol. The number of para-hydroxylation sites is 2. The summed E-state index contributed by atoms with van der Waals surface area (Å²) in [6.45, 7) is 2.04. The molecular formula is C23H18N2O. The van der Waals surface area contributed by atoms with E-state index in [0.29, 0.717) is 17.0 Å². The molecule has 0 amide bonds. The zero-order valence-electron chi connectivity index (χ0n) is 14.4. The Kier molecular flexibility index (Phi) is 4.20. The summed E-state index contributed by atoms with van der Waals surface area (Å²) in [4.78, 5) is 21.1. The number of hydrogen-bond acceptors (Lipinski definition) is 2. The predicted molar refractivity (Wildman–Crippen MR) is 106 cm³/mol. The number of Topliss-reactive ketones (excluding diaryl/α,β-unsaturated/α-hetero) is 1. The van der Waals surface area contributed by atoms with Gasteiger partial charge in [0.05, 0.1) is 16.6 Å². The summed E-state index contributed by atoms with van der Waals surface area (Å²) in [5.74, 6) is 0.538. The summed E-state index contributed by atoms with van der Waals surface area (Å²) in [6, 6.07) is 25.1. The van der Waals surface area contributed by atoms with Gasteiger partial charge in [-0.2, -0.15) is 0 Å². The summed E-state index contributed by atoms with van der Waals surface area (Å²) in [7, 11) is 0. The number of hydrogen-bond donors (Lipinski definition) is 1. The molecule has 1 aromatic heterocycles. The maximum atomic E-state index is 13.2. The Hall–Kier alpha value is -3.46. The number of nitrogens with one attached hydrogen (secondary N) is 1. The highest BCUT2D eigenvalue weighted by Crippen LogP contribution is 2.24. The lowest BCUT2D eigenvalue weighted by molar-refractivity contribution is 0.105. The normalized spacial score (nSPS) is 11.7. The number of benzene rings is 3. The van der Waals surface area contributed by atoms with Crippen molar-refractivity contribution in [2.45, 2.75) is 6.92 Å². The molecule has 26 heavy (non-hydrogen) atoms. The minimum absolute atomic E-state index is 0.0482. The predicted octanol–water partition coefficient (Wildman–Crippen LogP) is 5.29. The maximum Gasteiger partial charge on any atom is 0.196 e. The average molecular weight is 338 g/mol. The van der Waals surface area contributed by atoms with Gasteiger partial charge in [0, 0.05) is 5.56 Å². The molecule has 0 aliphatic carbocycles. The fraction of sp³-hybridized carbons (Fsp3) is 0.0435. The summed E-state index contributed by atoms with van der Waals surface area (Å²) in [6.07, 6.45) is 1.92. The standard InChI is InChI=1S/C23H18N2O/c1-16-9-5-6-12-18(16)15-19(22(26)17-10-3-2-4-11-17)23-24-20-13-7-8-14-21(20)25-23/h2-15H,1H3,(H,24,25)/b19-15-. The van der Waals surface area contributed by atoms with Gasteiger partial charge in [0.2, 0.25) is 0 Å². The minimum Gasteiger partial charge on any atom is -0.338 e. The molecule has 0 saturated heterocycles. The maximum absolute atomic E-state index is 13.2. The fourth-order valence-corrected chi connectivity index (χ4v) is 2.97. The summed E-state index contributed by atoms with van der Waals surface area (Å²) in [5.41, 5.74) is 5.08. The van der Waals surface area contributed by atoms with Crippen molar-refractivity contribution in [2.24, 2.45) is 0 Å². The van der Waals surface area contributed by atoms with Gasteiger partial charge in [0.15, 0.2) is 5.78 Å². The molecule has 4 rings (SSSR count). The van der Waals surface area contributed by atoms with Gasteiger partial charge in [0.25, 0.3) is 0 Å². The summed E-state index contributed by atoms with van der Waals surface area (Å²) >= 11 is 0. The molecule has 0 bridgehead atoms. The number of nitrogens with zero attached hydrogens (tertiary/aromatic N) is 1. The first-order valence-electron chi connectivity index (χ1n) is 8.54. The van der Waals surface area contributed by atoms with Crippen LogP contribution in [0.5, 0.6) is 0 Å². The van der Waals surface area contributed by atoms with Crippen LogP contribution in [0.15, 0.2) is 78.9 Å². The first-order chi connectivity index (χ1) is 12.7. The molecule has 126 valence electrons. The van der Waals surface area contributed by atoms with Crippen LogP contribution in [0.2, 0.25) is 0 Å². The first-order valence-corrected chi connectivity index (χ1v) is 8.54. The van der Waals surface area contributed by atoms with E-state index in [1.165, 1.54) is 0 Å². The molecule has 0 spiro atoms. The highest BCUT2D eigenvalue weighted by atomic mass is 16.1. The topological polar surface area (TPSA) is 45.8 Å². The number of aryl methyl sites for hydroxylation is 1. The van der Waals surface area contributed by atoms with Crippen molar-refractivity contribution in [1.82, 2.24) is 9.97 Å². The molecule has 0 aliphatic heterocycles. The van der Waals surface area contributed by atoms with Crippen LogP contribution in [0.4, 0.5) is 0 Å². The van der Waals surface area contributed by atoms with E-state index in [1.54, 1.807) is 0 Å². The largest absolute Gasteiger partial charge is 0.338 e. The van der Waals surface area contributed by atoms with E-state index in [-0.39, 0.29) is 5.78 Å². The van der Waals surface area contributed by atoms with Gasteiger partial charge in [-0.3, -0.25) is 4.79 Å². The lowest BCUT2D eigenvalue weighted by atomic mass is 9.99. The molecular weight excluding hydrogens is 320 g/mol. The van der Waals surface area contributed by atoms with Crippen LogP contribution in [0.1, 0.15) is 27.3 Å². The van der Waals surface area contributed by atoms with Crippen molar-refractivity contribution < 1.29 is 4.79 Å². The van der Waals surface area contributed by atoms with Crippen LogP contribution in [-0.4, -0.2) is 15.8 Å². The Morgan fingerprint density at radius 3 is 2.35 bits per heavy atom. The number of allylic oxidation sites excluding steroid dienone is 1. The summed E-state index contributed by atoms with van der Waals surface area (Å²) < 4.78 is 0. The molecule has 0 radical (unpaired) electrons. The number of aromatic nitrogens is 2. The second-order valence-corrected chi connectivity index (χ2v) is 6.21. The lowest BCUT2D eigenvalue weighted by Crippen LogP contribution is -2.04. The van der Waals surface area contributed by atoms with E-state index < -0.39 is 0 Å². The van der Waals surface area contributed by atoms with Crippen molar-refractivity contribution in [3.8, 4) is 0 Å². The minimum atomic E-state index is -0.0482. The van der Waals surface area contributed by atoms with Gasteiger partial charge in [0.1, 0.15) is 5.82 Å². The van der Waals surface area contributed by atoms with E-state index in [9.17, 15) is 4.79 Å². The Balaban J connectivity index is 1.89. The SMILES string of the molecule is Cc1ccccc1/C=C(/C(=O)c1ccccc1)c1nc2ccccc2[nH]1. The smallest absolute Gasteiger partial charge is 0.196 e. The highest BCUT2D eigenvalue weighted by Gasteiger charge is 2.18. The van der Waals surface area contributed by atoms with Crippen LogP contribution in [-0.2, 0) is 0 Å². The van der Waals surface area contributed by atoms with E-state index in [4.69, 9.17) is 0 Å². The summed E-state index contributed by atoms with van der Waals surface area (Å²) in [5, 5.41) is 0. The Labute approximate surface area is 152 Å². The van der Waals surface area contributed by atoms with Gasteiger partial charge in [-0.1, -0.05) is 66.7 Å². The number of rotatable bonds is 4. The number of carbonyl (C=O) groups excluding carboxylic acids is 1. The molecule has 3 nitrogen and oxygen atoms in total. The van der Waals surface area contributed by atoms with Crippen molar-refractivity contribution in [3.05, 3.63) is 101 Å². The van der Waals surface area contributed by atoms with E-state index >= 15 is 0 Å². The Morgan fingerprint density at radius 2 is 1.58 bits per heavy atom. The van der Waals surface area contributed by atoms with Gasteiger partial charge in [-0.15, -0.1) is 0 Å². The fourth-order valence-electron chi connectivity index (χ4n) is 2.97. The van der Waals surface area contributed by atoms with Crippen LogP contribution >= 0.6 is 0 Å². The average Bonchev–Trinajstić information content (AvgIpc) is 3.11. The molecule has 0 saturated carbocycles. The number of imidazole rings is 1. The lowest BCUT2D eigenvalue weighted by Gasteiger charge is -2.06. The van der Waals surface area contributed by atoms with Gasteiger partial charge < -0.3 is 4.98 Å². The molecule has 0 unspecified atom stereocenters. The molecule has 3 heteroatoms. The number of H-pyrrole nitrogens is 1. The quantitative estimate of drug-likeness (QED) is 0.406. The molecule has 0 atom stereocenters. The van der Waals surface area contributed by atoms with Crippen LogP contribution in [0.25, 0.3) is 22.7 Å².